The Labute approximate surface area is 386 Å². The second-order valence-corrected chi connectivity index (χ2v) is 18.6. The summed E-state index contributed by atoms with van der Waals surface area (Å²) < 4.78 is 10.1. The van der Waals surface area contributed by atoms with Crippen molar-refractivity contribution >= 4 is 59.7 Å². The van der Waals surface area contributed by atoms with Gasteiger partial charge in [0.2, 0.25) is 23.6 Å². The smallest absolute Gasteiger partial charge is 0.408 e. The van der Waals surface area contributed by atoms with E-state index in [1.807, 2.05) is 0 Å². The highest BCUT2D eigenvalue weighted by Gasteiger charge is 2.39. The average molecular weight is 910 g/mol. The van der Waals surface area contributed by atoms with E-state index in [4.69, 9.17) is 9.47 Å². The summed E-state index contributed by atoms with van der Waals surface area (Å²) in [4.78, 5) is 108. The molecular formula is C49H63N7O10. The van der Waals surface area contributed by atoms with Crippen molar-refractivity contribution in [1.29, 1.82) is 0 Å². The van der Waals surface area contributed by atoms with Crippen molar-refractivity contribution in [2.45, 2.75) is 116 Å². The van der Waals surface area contributed by atoms with Crippen molar-refractivity contribution in [1.82, 2.24) is 37.2 Å². The van der Waals surface area contributed by atoms with Crippen LogP contribution < -0.4 is 37.2 Å². The summed E-state index contributed by atoms with van der Waals surface area (Å²) in [5, 5.41) is 18.3. The predicted molar refractivity (Wildman–Crippen MR) is 249 cm³/mol. The number of carbonyl (C=O) groups excluding carboxylic acids is 8. The minimum atomic E-state index is -1.75. The van der Waals surface area contributed by atoms with Crippen molar-refractivity contribution < 1.29 is 47.8 Å². The van der Waals surface area contributed by atoms with Gasteiger partial charge in [0, 0.05) is 6.42 Å². The Morgan fingerprint density at radius 1 is 0.515 bits per heavy atom. The first-order chi connectivity index (χ1) is 30.5. The van der Waals surface area contributed by atoms with Crippen LogP contribution in [-0.4, -0.2) is 88.4 Å². The number of nitrogens with one attached hydrogen (secondary N) is 7. The van der Waals surface area contributed by atoms with Gasteiger partial charge >= 0.3 is 12.1 Å². The van der Waals surface area contributed by atoms with E-state index < -0.39 is 81.3 Å². The van der Waals surface area contributed by atoms with Crippen LogP contribution in [0.5, 0.6) is 0 Å². The van der Waals surface area contributed by atoms with E-state index in [2.05, 4.69) is 37.2 Å². The molecule has 3 aromatic carbocycles. The zero-order valence-corrected chi connectivity index (χ0v) is 39.7. The molecule has 0 aliphatic heterocycles. The van der Waals surface area contributed by atoms with Gasteiger partial charge in [0.1, 0.15) is 45.2 Å². The minimum Gasteiger partial charge on any atom is -0.467 e. The molecule has 0 saturated heterocycles. The van der Waals surface area contributed by atoms with E-state index in [9.17, 15) is 38.4 Å². The summed E-state index contributed by atoms with van der Waals surface area (Å²) in [6.07, 6.45) is 1.93. The van der Waals surface area contributed by atoms with Crippen LogP contribution in [0.2, 0.25) is 0 Å². The lowest BCUT2D eigenvalue weighted by Gasteiger charge is -2.32. The topological polar surface area (TPSA) is 239 Å². The largest absolute Gasteiger partial charge is 0.467 e. The number of rotatable bonds is 18. The molecule has 1 atom stereocenters. The number of alkyl carbamates (subject to hydrolysis) is 1. The molecule has 3 rings (SSSR count). The Hall–Kier alpha value is -7.30. The average Bonchev–Trinajstić information content (AvgIpc) is 3.22. The fourth-order valence-electron chi connectivity index (χ4n) is 5.84. The number of hydrogen-bond acceptors (Lipinski definition) is 10. The van der Waals surface area contributed by atoms with Gasteiger partial charge in [-0.15, -0.1) is 0 Å². The van der Waals surface area contributed by atoms with Gasteiger partial charge in [0.25, 0.3) is 11.8 Å². The quantitative estimate of drug-likeness (QED) is 0.0710. The molecule has 0 saturated carbocycles. The first kappa shape index (κ1) is 53.0. The maximum absolute atomic E-state index is 14.1. The first-order valence-corrected chi connectivity index (χ1v) is 21.1. The predicted octanol–water partition coefficient (Wildman–Crippen LogP) is 4.19. The number of carbonyl (C=O) groups is 8. The first-order valence-electron chi connectivity index (χ1n) is 21.1. The molecule has 3 aromatic rings. The molecule has 0 aliphatic carbocycles. The molecule has 0 spiro atoms. The van der Waals surface area contributed by atoms with Crippen molar-refractivity contribution in [2.24, 2.45) is 0 Å². The van der Waals surface area contributed by atoms with E-state index in [0.29, 0.717) is 16.7 Å². The number of benzene rings is 3. The number of hydrogen-bond donors (Lipinski definition) is 7. The van der Waals surface area contributed by atoms with Gasteiger partial charge in [-0.25, -0.2) is 9.59 Å². The van der Waals surface area contributed by atoms with Crippen molar-refractivity contribution in [2.75, 3.05) is 7.11 Å². The molecular weight excluding hydrogens is 847 g/mol. The van der Waals surface area contributed by atoms with E-state index >= 15 is 0 Å². The molecule has 66 heavy (non-hydrogen) atoms. The SMILES string of the molecule is COC(=O)C(C)(C)NC(=O)/C(=C/c1ccccc1)NC(=O)C(C)(C)NC(=O)/C(=C/c1ccccc1)NC(=O)C(C)(C)NC(=O)[C@H](Cc1ccccc1)NC(=O)C(C)(C)NC(=O)OC(C)(C)C. The molecule has 17 nitrogen and oxygen atoms in total. The zero-order valence-electron chi connectivity index (χ0n) is 39.7. The lowest BCUT2D eigenvalue weighted by atomic mass is 9.98. The molecule has 7 amide bonds. The van der Waals surface area contributed by atoms with Crippen molar-refractivity contribution in [3.8, 4) is 0 Å². The fourth-order valence-corrected chi connectivity index (χ4v) is 5.84. The number of methoxy groups -OCH3 is 1. The van der Waals surface area contributed by atoms with Crippen LogP contribution in [0.4, 0.5) is 4.79 Å². The lowest BCUT2D eigenvalue weighted by Crippen LogP contribution is -2.63. The number of amides is 7. The Kier molecular flexibility index (Phi) is 17.7. The van der Waals surface area contributed by atoms with Crippen LogP contribution in [-0.2, 0) is 49.5 Å². The highest BCUT2D eigenvalue weighted by atomic mass is 16.6. The van der Waals surface area contributed by atoms with Gasteiger partial charge in [-0.05, 0) is 105 Å². The summed E-state index contributed by atoms with van der Waals surface area (Å²) >= 11 is 0. The monoisotopic (exact) mass is 909 g/mol. The van der Waals surface area contributed by atoms with Gasteiger partial charge in [-0.1, -0.05) is 91.0 Å². The highest BCUT2D eigenvalue weighted by molar-refractivity contribution is 6.08. The zero-order chi connectivity index (χ0) is 49.7. The normalized spacial score (nSPS) is 12.9. The molecule has 0 bridgehead atoms. The number of esters is 1. The van der Waals surface area contributed by atoms with Crippen LogP contribution in [0.1, 0.15) is 92.9 Å². The standard InChI is InChI=1S/C49H63N7O10/c1-45(2,3)66-44(64)56-48(8,9)42(62)52-35(29-32-24-18-14-19-25-32)38(58)54-46(4,5)40(60)50-34(28-31-22-16-13-17-23-31)37(57)53-47(6,7)41(61)51-36(30-33-26-20-15-21-27-33)39(59)55-49(10,11)43(63)65-12/h13-28,30,35H,29H2,1-12H3,(H,50,60)(H,51,61)(H,52,62)(H,53,57)(H,54,58)(H,55,59)(H,56,64)/b34-28-,36-30-/t35-/m0/s1. The molecule has 354 valence electrons. The summed E-state index contributed by atoms with van der Waals surface area (Å²) in [7, 11) is 1.17. The Morgan fingerprint density at radius 3 is 1.33 bits per heavy atom. The summed E-state index contributed by atoms with van der Waals surface area (Å²) in [5.74, 6) is -5.61. The second-order valence-electron chi connectivity index (χ2n) is 18.6. The lowest BCUT2D eigenvalue weighted by molar-refractivity contribution is -0.149. The molecule has 7 N–H and O–H groups in total. The molecule has 0 aromatic heterocycles. The van der Waals surface area contributed by atoms with Crippen LogP contribution in [0, 0.1) is 0 Å². The second kappa shape index (κ2) is 22.1. The van der Waals surface area contributed by atoms with Gasteiger partial charge in [0.05, 0.1) is 7.11 Å². The third-order valence-corrected chi connectivity index (χ3v) is 9.61. The molecule has 0 fully saturated rings. The van der Waals surface area contributed by atoms with Gasteiger partial charge in [0.15, 0.2) is 0 Å². The van der Waals surface area contributed by atoms with E-state index in [1.54, 1.807) is 112 Å². The third-order valence-electron chi connectivity index (χ3n) is 9.61. The molecule has 0 heterocycles. The summed E-state index contributed by atoms with van der Waals surface area (Å²) in [5.41, 5.74) is -6.16. The van der Waals surface area contributed by atoms with Crippen molar-refractivity contribution in [3.63, 3.8) is 0 Å². The minimum absolute atomic E-state index is 0.00426. The van der Waals surface area contributed by atoms with E-state index in [1.165, 1.54) is 74.7 Å². The maximum Gasteiger partial charge on any atom is 0.408 e. The number of ether oxygens (including phenoxy) is 2. The van der Waals surface area contributed by atoms with Crippen LogP contribution in [0.3, 0.4) is 0 Å². The maximum atomic E-state index is 14.1. The van der Waals surface area contributed by atoms with E-state index in [-0.39, 0.29) is 17.8 Å². The molecule has 0 unspecified atom stereocenters. The highest BCUT2D eigenvalue weighted by Crippen LogP contribution is 2.16. The van der Waals surface area contributed by atoms with Crippen molar-refractivity contribution in [3.05, 3.63) is 119 Å². The van der Waals surface area contributed by atoms with Crippen LogP contribution in [0.15, 0.2) is 102 Å². The van der Waals surface area contributed by atoms with Crippen LogP contribution >= 0.6 is 0 Å². The van der Waals surface area contributed by atoms with E-state index in [0.717, 1.165) is 0 Å². The Morgan fingerprint density at radius 2 is 0.909 bits per heavy atom. The third kappa shape index (κ3) is 16.4. The molecule has 0 aliphatic rings. The fraction of sp³-hybridized carbons (Fsp3) is 0.388. The van der Waals surface area contributed by atoms with Gasteiger partial charge in [-0.2, -0.15) is 0 Å². The summed E-state index contributed by atoms with van der Waals surface area (Å²) in [6.45, 7) is 16.4. The van der Waals surface area contributed by atoms with Crippen LogP contribution in [0.25, 0.3) is 12.2 Å². The Bertz CT molecular complexity index is 2320. The van der Waals surface area contributed by atoms with Gasteiger partial charge in [-0.3, -0.25) is 28.8 Å². The molecule has 17 heteroatoms. The summed E-state index contributed by atoms with van der Waals surface area (Å²) in [6, 6.07) is 24.7. The van der Waals surface area contributed by atoms with Gasteiger partial charge < -0.3 is 46.7 Å². The molecule has 0 radical (unpaired) electrons. The Balaban J connectivity index is 1.90.